The van der Waals surface area contributed by atoms with Gasteiger partial charge in [-0.1, -0.05) is 5.21 Å². The van der Waals surface area contributed by atoms with E-state index in [1.807, 2.05) is 27.1 Å². The summed E-state index contributed by atoms with van der Waals surface area (Å²) in [7, 11) is 3.78. The van der Waals surface area contributed by atoms with Gasteiger partial charge in [0.05, 0.1) is 24.2 Å². The molecule has 0 saturated heterocycles. The lowest BCUT2D eigenvalue weighted by Crippen LogP contribution is -2.20. The molecule has 1 unspecified atom stereocenters. The summed E-state index contributed by atoms with van der Waals surface area (Å²) in [5.41, 5.74) is 2.10. The van der Waals surface area contributed by atoms with Crippen LogP contribution in [-0.2, 0) is 7.05 Å². The third kappa shape index (κ3) is 1.78. The second-order valence-corrected chi connectivity index (χ2v) is 3.49. The van der Waals surface area contributed by atoms with E-state index in [-0.39, 0.29) is 6.04 Å². The molecule has 2 aromatic heterocycles. The first kappa shape index (κ1) is 9.92. The maximum absolute atomic E-state index is 5.30. The summed E-state index contributed by atoms with van der Waals surface area (Å²) < 4.78 is 7.05. The Bertz CT molecular complexity index is 446. The van der Waals surface area contributed by atoms with Crippen LogP contribution in [0.3, 0.4) is 0 Å². The monoisotopic (exact) mass is 206 g/mol. The van der Waals surface area contributed by atoms with Crippen molar-refractivity contribution >= 4 is 0 Å². The summed E-state index contributed by atoms with van der Waals surface area (Å²) in [4.78, 5) is 0. The summed E-state index contributed by atoms with van der Waals surface area (Å²) in [5, 5.41) is 11.0. The van der Waals surface area contributed by atoms with E-state index in [0.717, 1.165) is 17.0 Å². The average molecular weight is 206 g/mol. The Balaban J connectivity index is 2.36. The van der Waals surface area contributed by atoms with Crippen LogP contribution in [0.1, 0.15) is 23.1 Å². The fraction of sp³-hybridized carbons (Fsp3) is 0.400. The molecule has 0 spiro atoms. The highest BCUT2D eigenvalue weighted by Gasteiger charge is 2.17. The molecule has 5 nitrogen and oxygen atoms in total. The second-order valence-electron chi connectivity index (χ2n) is 3.49. The van der Waals surface area contributed by atoms with Gasteiger partial charge in [0.1, 0.15) is 5.76 Å². The zero-order valence-corrected chi connectivity index (χ0v) is 9.06. The SMILES string of the molecule is CNC(c1coc(C)c1)c1cnnn1C. The van der Waals surface area contributed by atoms with E-state index in [4.69, 9.17) is 4.42 Å². The van der Waals surface area contributed by atoms with E-state index in [0.29, 0.717) is 0 Å². The van der Waals surface area contributed by atoms with Crippen molar-refractivity contribution in [1.82, 2.24) is 20.3 Å². The number of aromatic nitrogens is 3. The summed E-state index contributed by atoms with van der Waals surface area (Å²) in [6.45, 7) is 1.93. The Labute approximate surface area is 88.1 Å². The largest absolute Gasteiger partial charge is 0.469 e. The molecule has 0 fully saturated rings. The van der Waals surface area contributed by atoms with Gasteiger partial charge in [0.15, 0.2) is 0 Å². The number of nitrogens with one attached hydrogen (secondary N) is 1. The topological polar surface area (TPSA) is 55.9 Å². The molecule has 0 aliphatic heterocycles. The summed E-state index contributed by atoms with van der Waals surface area (Å²) >= 11 is 0. The predicted octanol–water partition coefficient (Wildman–Crippen LogP) is 1.03. The minimum Gasteiger partial charge on any atom is -0.469 e. The molecule has 1 atom stereocenters. The van der Waals surface area contributed by atoms with Crippen molar-refractivity contribution in [2.75, 3.05) is 7.05 Å². The summed E-state index contributed by atoms with van der Waals surface area (Å²) in [6, 6.07) is 2.08. The molecule has 0 radical (unpaired) electrons. The molecule has 15 heavy (non-hydrogen) atoms. The van der Waals surface area contributed by atoms with Crippen LogP contribution in [0.5, 0.6) is 0 Å². The fourth-order valence-electron chi connectivity index (χ4n) is 1.66. The van der Waals surface area contributed by atoms with E-state index < -0.39 is 0 Å². The van der Waals surface area contributed by atoms with Gasteiger partial charge < -0.3 is 9.73 Å². The van der Waals surface area contributed by atoms with Crippen molar-refractivity contribution in [1.29, 1.82) is 0 Å². The number of hydrogen-bond acceptors (Lipinski definition) is 4. The lowest BCUT2D eigenvalue weighted by Gasteiger charge is -2.13. The van der Waals surface area contributed by atoms with Crippen LogP contribution < -0.4 is 5.32 Å². The van der Waals surface area contributed by atoms with Crippen LogP contribution in [0, 0.1) is 6.92 Å². The van der Waals surface area contributed by atoms with Gasteiger partial charge in [-0.3, -0.25) is 4.68 Å². The van der Waals surface area contributed by atoms with Crippen LogP contribution in [0.4, 0.5) is 0 Å². The quantitative estimate of drug-likeness (QED) is 0.814. The molecule has 5 heteroatoms. The van der Waals surface area contributed by atoms with Crippen molar-refractivity contribution in [2.24, 2.45) is 7.05 Å². The zero-order valence-electron chi connectivity index (χ0n) is 9.06. The minimum absolute atomic E-state index is 0.0717. The number of hydrogen-bond donors (Lipinski definition) is 1. The van der Waals surface area contributed by atoms with Crippen molar-refractivity contribution in [3.63, 3.8) is 0 Å². The van der Waals surface area contributed by atoms with Gasteiger partial charge in [0.25, 0.3) is 0 Å². The normalized spacial score (nSPS) is 13.0. The van der Waals surface area contributed by atoms with Crippen molar-refractivity contribution in [3.8, 4) is 0 Å². The van der Waals surface area contributed by atoms with Gasteiger partial charge in [0, 0.05) is 12.6 Å². The lowest BCUT2D eigenvalue weighted by atomic mass is 10.1. The smallest absolute Gasteiger partial charge is 0.101 e. The van der Waals surface area contributed by atoms with E-state index in [2.05, 4.69) is 15.6 Å². The maximum Gasteiger partial charge on any atom is 0.101 e. The molecule has 0 aliphatic carbocycles. The third-order valence-electron chi connectivity index (χ3n) is 2.42. The van der Waals surface area contributed by atoms with Crippen LogP contribution in [0.15, 0.2) is 22.9 Å². The van der Waals surface area contributed by atoms with E-state index in [1.54, 1.807) is 17.1 Å². The van der Waals surface area contributed by atoms with Crippen LogP contribution in [-0.4, -0.2) is 22.0 Å². The van der Waals surface area contributed by atoms with Crippen molar-refractivity contribution < 1.29 is 4.42 Å². The first-order valence-electron chi connectivity index (χ1n) is 4.79. The molecule has 0 amide bonds. The Hall–Kier alpha value is -1.62. The number of rotatable bonds is 3. The minimum atomic E-state index is 0.0717. The fourth-order valence-corrected chi connectivity index (χ4v) is 1.66. The maximum atomic E-state index is 5.30. The predicted molar refractivity (Wildman–Crippen MR) is 55.4 cm³/mol. The highest BCUT2D eigenvalue weighted by atomic mass is 16.3. The first-order valence-corrected chi connectivity index (χ1v) is 4.79. The van der Waals surface area contributed by atoms with Gasteiger partial charge in [-0.25, -0.2) is 0 Å². The Morgan fingerprint density at radius 2 is 2.33 bits per heavy atom. The van der Waals surface area contributed by atoms with Gasteiger partial charge in [-0.05, 0) is 20.0 Å². The van der Waals surface area contributed by atoms with E-state index in [1.165, 1.54) is 0 Å². The van der Waals surface area contributed by atoms with Gasteiger partial charge in [-0.2, -0.15) is 0 Å². The number of aryl methyl sites for hydroxylation is 2. The van der Waals surface area contributed by atoms with Crippen molar-refractivity contribution in [2.45, 2.75) is 13.0 Å². The molecule has 0 bridgehead atoms. The number of nitrogens with zero attached hydrogens (tertiary/aromatic N) is 3. The highest BCUT2D eigenvalue weighted by Crippen LogP contribution is 2.22. The third-order valence-corrected chi connectivity index (χ3v) is 2.42. The zero-order chi connectivity index (χ0) is 10.8. The Morgan fingerprint density at radius 1 is 1.53 bits per heavy atom. The van der Waals surface area contributed by atoms with Crippen LogP contribution in [0.25, 0.3) is 0 Å². The molecule has 2 aromatic rings. The average Bonchev–Trinajstić information content (AvgIpc) is 2.79. The molecular weight excluding hydrogens is 192 g/mol. The first-order chi connectivity index (χ1) is 7.22. The Morgan fingerprint density at radius 3 is 2.80 bits per heavy atom. The molecule has 2 heterocycles. The second kappa shape index (κ2) is 3.86. The molecule has 80 valence electrons. The van der Waals surface area contributed by atoms with E-state index >= 15 is 0 Å². The summed E-state index contributed by atoms with van der Waals surface area (Å²) in [6.07, 6.45) is 3.51. The van der Waals surface area contributed by atoms with Gasteiger partial charge >= 0.3 is 0 Å². The lowest BCUT2D eigenvalue weighted by molar-refractivity contribution is 0.524. The standard InChI is InChI=1S/C10H14N4O/c1-7-4-8(6-15-7)10(11-2)9-5-12-13-14(9)3/h4-6,10-11H,1-3H3. The number of furan rings is 1. The van der Waals surface area contributed by atoms with Crippen molar-refractivity contribution in [3.05, 3.63) is 35.5 Å². The van der Waals surface area contributed by atoms with Gasteiger partial charge in [-0.15, -0.1) is 5.10 Å². The van der Waals surface area contributed by atoms with Gasteiger partial charge in [0.2, 0.25) is 0 Å². The highest BCUT2D eigenvalue weighted by molar-refractivity contribution is 5.24. The summed E-state index contributed by atoms with van der Waals surface area (Å²) in [5.74, 6) is 0.903. The molecule has 0 aromatic carbocycles. The molecule has 1 N–H and O–H groups in total. The molecule has 0 saturated carbocycles. The molecule has 2 rings (SSSR count). The van der Waals surface area contributed by atoms with Crippen LogP contribution in [0.2, 0.25) is 0 Å². The Kier molecular flexibility index (Phi) is 2.55. The molecule has 0 aliphatic rings. The molecular formula is C10H14N4O. The van der Waals surface area contributed by atoms with Crippen LogP contribution >= 0.6 is 0 Å². The van der Waals surface area contributed by atoms with E-state index in [9.17, 15) is 0 Å².